The van der Waals surface area contributed by atoms with Crippen molar-refractivity contribution in [2.45, 2.75) is 52.6 Å². The van der Waals surface area contributed by atoms with Crippen LogP contribution in [0.15, 0.2) is 12.2 Å². The summed E-state index contributed by atoms with van der Waals surface area (Å²) in [7, 11) is 0. The molecule has 0 aromatic carbocycles. The molecule has 0 amide bonds. The van der Waals surface area contributed by atoms with E-state index in [1.165, 1.54) is 0 Å². The van der Waals surface area contributed by atoms with Gasteiger partial charge in [0.25, 0.3) is 0 Å². The van der Waals surface area contributed by atoms with E-state index in [2.05, 4.69) is 12.2 Å². The Labute approximate surface area is 98.5 Å². The van der Waals surface area contributed by atoms with Crippen molar-refractivity contribution in [1.29, 1.82) is 0 Å². The van der Waals surface area contributed by atoms with Gasteiger partial charge < -0.3 is 9.84 Å². The molecule has 2 atom stereocenters. The molecule has 0 fully saturated rings. The quantitative estimate of drug-likeness (QED) is 0.395. The van der Waals surface area contributed by atoms with E-state index in [-0.39, 0.29) is 12.1 Å². The maximum absolute atomic E-state index is 11.0. The predicted octanol–water partition coefficient (Wildman–Crippen LogP) is 2.68. The third-order valence-electron chi connectivity index (χ3n) is 2.56. The fourth-order valence-corrected chi connectivity index (χ4v) is 1.22. The van der Waals surface area contributed by atoms with Crippen LogP contribution < -0.4 is 0 Å². The van der Waals surface area contributed by atoms with Crippen LogP contribution in [0.5, 0.6) is 0 Å². The van der Waals surface area contributed by atoms with Crippen LogP contribution in [0.4, 0.5) is 0 Å². The van der Waals surface area contributed by atoms with Gasteiger partial charge in [-0.15, -0.1) is 0 Å². The third kappa shape index (κ3) is 8.48. The van der Waals surface area contributed by atoms with Crippen LogP contribution in [-0.2, 0) is 9.53 Å². The molecule has 0 heterocycles. The van der Waals surface area contributed by atoms with Gasteiger partial charge in [0.2, 0.25) is 0 Å². The molecular formula is C13H24O3. The third-order valence-corrected chi connectivity index (χ3v) is 2.56. The molecule has 0 saturated carbocycles. The topological polar surface area (TPSA) is 46.5 Å². The number of esters is 1. The number of carbonyl (C=O) groups excluding carboxylic acids is 1. The van der Waals surface area contributed by atoms with Crippen molar-refractivity contribution in [2.75, 3.05) is 6.61 Å². The first kappa shape index (κ1) is 15.2. The van der Waals surface area contributed by atoms with Crippen molar-refractivity contribution in [1.82, 2.24) is 0 Å². The highest BCUT2D eigenvalue weighted by molar-refractivity contribution is 5.69. The summed E-state index contributed by atoms with van der Waals surface area (Å²) in [6.45, 7) is 6.10. The summed E-state index contributed by atoms with van der Waals surface area (Å²) in [4.78, 5) is 11.0. The molecule has 0 rings (SSSR count). The zero-order valence-electron chi connectivity index (χ0n) is 10.6. The normalized spacial score (nSPS) is 15.0. The van der Waals surface area contributed by atoms with Crippen LogP contribution in [0.25, 0.3) is 0 Å². The first-order valence-corrected chi connectivity index (χ1v) is 6.06. The monoisotopic (exact) mass is 228 g/mol. The number of hydrogen-bond acceptors (Lipinski definition) is 3. The number of aliphatic hydroxyl groups excluding tert-OH is 1. The molecule has 0 radical (unpaired) electrons. The Morgan fingerprint density at radius 3 is 2.62 bits per heavy atom. The van der Waals surface area contributed by atoms with Gasteiger partial charge in [-0.1, -0.05) is 19.1 Å². The minimum Gasteiger partial charge on any atom is -0.466 e. The average molecular weight is 228 g/mol. The molecule has 3 heteroatoms. The maximum atomic E-state index is 11.0. The Kier molecular flexibility index (Phi) is 8.91. The van der Waals surface area contributed by atoms with Crippen LogP contribution in [0.2, 0.25) is 0 Å². The lowest BCUT2D eigenvalue weighted by Crippen LogP contribution is -2.11. The number of carbonyl (C=O) groups is 1. The highest BCUT2D eigenvalue weighted by Gasteiger charge is 2.05. The summed E-state index contributed by atoms with van der Waals surface area (Å²) in [5, 5.41) is 9.26. The second-order valence-electron chi connectivity index (χ2n) is 4.12. The van der Waals surface area contributed by atoms with E-state index in [4.69, 9.17) is 4.74 Å². The van der Waals surface area contributed by atoms with Crippen molar-refractivity contribution in [3.63, 3.8) is 0 Å². The van der Waals surface area contributed by atoms with E-state index in [9.17, 15) is 9.90 Å². The molecule has 0 aliphatic rings. The molecule has 3 nitrogen and oxygen atoms in total. The standard InChI is InChI=1S/C13H24O3/c1-4-16-13(15)10-8-6-5-7-9-11(2)12(3)14/h5,7,11-12,14H,4,6,8-10H2,1-3H3. The highest BCUT2D eigenvalue weighted by Crippen LogP contribution is 2.09. The Bertz CT molecular complexity index is 209. The number of unbranched alkanes of at least 4 members (excludes halogenated alkanes) is 1. The zero-order valence-corrected chi connectivity index (χ0v) is 10.6. The zero-order chi connectivity index (χ0) is 12.4. The SMILES string of the molecule is CCOC(=O)CCCC=CCC(C)C(C)O. The van der Waals surface area contributed by atoms with Crippen molar-refractivity contribution in [3.8, 4) is 0 Å². The number of rotatable bonds is 8. The molecule has 1 N–H and O–H groups in total. The molecule has 0 aliphatic carbocycles. The van der Waals surface area contributed by atoms with Crippen LogP contribution in [0.3, 0.4) is 0 Å². The van der Waals surface area contributed by atoms with Crippen LogP contribution >= 0.6 is 0 Å². The number of ether oxygens (including phenoxy) is 1. The summed E-state index contributed by atoms with van der Waals surface area (Å²) in [5.74, 6) is 0.176. The smallest absolute Gasteiger partial charge is 0.305 e. The molecule has 16 heavy (non-hydrogen) atoms. The first-order valence-electron chi connectivity index (χ1n) is 6.06. The minimum atomic E-state index is -0.260. The van der Waals surface area contributed by atoms with Crippen LogP contribution in [0.1, 0.15) is 46.5 Å². The second-order valence-corrected chi connectivity index (χ2v) is 4.12. The summed E-state index contributed by atoms with van der Waals surface area (Å²) in [5.41, 5.74) is 0. The number of aliphatic hydroxyl groups is 1. The molecular weight excluding hydrogens is 204 g/mol. The van der Waals surface area contributed by atoms with Crippen molar-refractivity contribution < 1.29 is 14.6 Å². The van der Waals surface area contributed by atoms with Gasteiger partial charge in [0.1, 0.15) is 0 Å². The molecule has 0 saturated heterocycles. The van der Waals surface area contributed by atoms with Gasteiger partial charge in [-0.3, -0.25) is 4.79 Å². The van der Waals surface area contributed by atoms with Crippen molar-refractivity contribution >= 4 is 5.97 Å². The van der Waals surface area contributed by atoms with Gasteiger partial charge in [0.15, 0.2) is 0 Å². The van der Waals surface area contributed by atoms with Crippen molar-refractivity contribution in [3.05, 3.63) is 12.2 Å². The molecule has 0 aliphatic heterocycles. The lowest BCUT2D eigenvalue weighted by Gasteiger charge is -2.10. The Balaban J connectivity index is 3.44. The summed E-state index contributed by atoms with van der Waals surface area (Å²) in [6.07, 6.45) is 6.98. The van der Waals surface area contributed by atoms with Gasteiger partial charge in [-0.25, -0.2) is 0 Å². The summed E-state index contributed by atoms with van der Waals surface area (Å²) < 4.78 is 4.82. The Hall–Kier alpha value is -0.830. The molecule has 94 valence electrons. The van der Waals surface area contributed by atoms with E-state index in [1.54, 1.807) is 6.92 Å². The lowest BCUT2D eigenvalue weighted by atomic mass is 10.0. The van der Waals surface area contributed by atoms with Gasteiger partial charge in [-0.05, 0) is 39.0 Å². The number of allylic oxidation sites excluding steroid dienone is 2. The largest absolute Gasteiger partial charge is 0.466 e. The van der Waals surface area contributed by atoms with Gasteiger partial charge in [-0.2, -0.15) is 0 Å². The molecule has 2 unspecified atom stereocenters. The Morgan fingerprint density at radius 1 is 1.38 bits per heavy atom. The molecule has 0 spiro atoms. The fourth-order valence-electron chi connectivity index (χ4n) is 1.22. The van der Waals surface area contributed by atoms with Gasteiger partial charge in [0.05, 0.1) is 12.7 Å². The molecule has 0 aromatic heterocycles. The highest BCUT2D eigenvalue weighted by atomic mass is 16.5. The maximum Gasteiger partial charge on any atom is 0.305 e. The van der Waals surface area contributed by atoms with Crippen LogP contribution in [-0.4, -0.2) is 23.8 Å². The summed E-state index contributed by atoms with van der Waals surface area (Å²) in [6, 6.07) is 0. The number of hydrogen-bond donors (Lipinski definition) is 1. The summed E-state index contributed by atoms with van der Waals surface area (Å²) >= 11 is 0. The fraction of sp³-hybridized carbons (Fsp3) is 0.769. The van der Waals surface area contributed by atoms with E-state index in [0.717, 1.165) is 19.3 Å². The molecule has 0 aromatic rings. The lowest BCUT2D eigenvalue weighted by molar-refractivity contribution is -0.143. The van der Waals surface area contributed by atoms with E-state index >= 15 is 0 Å². The predicted molar refractivity (Wildman–Crippen MR) is 65.1 cm³/mol. The van der Waals surface area contributed by atoms with E-state index in [1.807, 2.05) is 13.8 Å². The van der Waals surface area contributed by atoms with E-state index in [0.29, 0.717) is 18.9 Å². The van der Waals surface area contributed by atoms with E-state index < -0.39 is 0 Å². The second kappa shape index (κ2) is 9.40. The van der Waals surface area contributed by atoms with Crippen molar-refractivity contribution in [2.24, 2.45) is 5.92 Å². The van der Waals surface area contributed by atoms with Gasteiger partial charge in [0, 0.05) is 6.42 Å². The van der Waals surface area contributed by atoms with Crippen LogP contribution in [0, 0.1) is 5.92 Å². The average Bonchev–Trinajstić information content (AvgIpc) is 2.23. The minimum absolute atomic E-state index is 0.117. The Morgan fingerprint density at radius 2 is 2.06 bits per heavy atom. The first-order chi connectivity index (χ1) is 7.57. The molecule has 0 bridgehead atoms. The van der Waals surface area contributed by atoms with Gasteiger partial charge >= 0.3 is 5.97 Å².